The molecule has 6 nitrogen and oxygen atoms in total. The minimum atomic E-state index is -0.529. The van der Waals surface area contributed by atoms with Crippen molar-refractivity contribution >= 4 is 17.3 Å². The maximum atomic E-state index is 10.6. The molecule has 0 aliphatic rings. The van der Waals surface area contributed by atoms with Crippen molar-refractivity contribution in [1.29, 1.82) is 5.26 Å². The smallest absolute Gasteiger partial charge is 0.273 e. The number of hydrogen-bond acceptors (Lipinski definition) is 5. The van der Waals surface area contributed by atoms with E-state index in [4.69, 9.17) is 21.6 Å². The number of ether oxygens (including phenoxy) is 1. The first kappa shape index (κ1) is 12.8. The number of pyridine rings is 1. The van der Waals surface area contributed by atoms with Gasteiger partial charge in [-0.1, -0.05) is 17.7 Å². The third kappa shape index (κ3) is 3.18. The van der Waals surface area contributed by atoms with Crippen LogP contribution in [0.1, 0.15) is 5.56 Å². The van der Waals surface area contributed by atoms with E-state index in [-0.39, 0.29) is 22.5 Å². The molecular formula is C12H6ClN3O3. The van der Waals surface area contributed by atoms with Gasteiger partial charge in [-0.2, -0.15) is 5.26 Å². The van der Waals surface area contributed by atoms with Crippen molar-refractivity contribution in [3.8, 4) is 17.7 Å². The molecule has 0 bridgehead atoms. The van der Waals surface area contributed by atoms with Gasteiger partial charge in [0.2, 0.25) is 5.88 Å². The van der Waals surface area contributed by atoms with Gasteiger partial charge in [0.15, 0.2) is 0 Å². The molecule has 0 atom stereocenters. The molecule has 19 heavy (non-hydrogen) atoms. The lowest BCUT2D eigenvalue weighted by atomic mass is 10.3. The summed E-state index contributed by atoms with van der Waals surface area (Å²) >= 11 is 5.73. The Hall–Kier alpha value is -2.65. The zero-order chi connectivity index (χ0) is 13.8. The molecule has 1 aromatic carbocycles. The van der Waals surface area contributed by atoms with Crippen LogP contribution in [0.4, 0.5) is 5.69 Å². The topological polar surface area (TPSA) is 89.0 Å². The molecule has 0 spiro atoms. The second kappa shape index (κ2) is 5.33. The zero-order valence-corrected chi connectivity index (χ0v) is 10.2. The number of hydrogen-bond donors (Lipinski definition) is 0. The summed E-state index contributed by atoms with van der Waals surface area (Å²) in [6, 6.07) is 10.3. The molecule has 0 saturated heterocycles. The maximum absolute atomic E-state index is 10.6. The minimum absolute atomic E-state index is 0.0972. The molecule has 1 aromatic heterocycles. The van der Waals surface area contributed by atoms with E-state index in [9.17, 15) is 10.1 Å². The fourth-order valence-electron chi connectivity index (χ4n) is 1.37. The highest BCUT2D eigenvalue weighted by molar-refractivity contribution is 6.29. The van der Waals surface area contributed by atoms with Gasteiger partial charge in [0.05, 0.1) is 22.6 Å². The molecule has 2 rings (SSSR count). The van der Waals surface area contributed by atoms with Crippen LogP contribution < -0.4 is 4.74 Å². The van der Waals surface area contributed by atoms with Gasteiger partial charge in [-0.15, -0.1) is 0 Å². The van der Waals surface area contributed by atoms with Gasteiger partial charge in [-0.3, -0.25) is 10.1 Å². The van der Waals surface area contributed by atoms with Crippen molar-refractivity contribution in [2.24, 2.45) is 0 Å². The monoisotopic (exact) mass is 275 g/mol. The lowest BCUT2D eigenvalue weighted by Crippen LogP contribution is -1.92. The molecule has 0 radical (unpaired) electrons. The van der Waals surface area contributed by atoms with Crippen molar-refractivity contribution in [3.05, 3.63) is 57.2 Å². The third-order valence-corrected chi connectivity index (χ3v) is 2.34. The Morgan fingerprint density at radius 3 is 2.84 bits per heavy atom. The van der Waals surface area contributed by atoms with Gasteiger partial charge in [0, 0.05) is 12.1 Å². The summed E-state index contributed by atoms with van der Waals surface area (Å²) in [7, 11) is 0. The maximum Gasteiger partial charge on any atom is 0.273 e. The van der Waals surface area contributed by atoms with E-state index in [1.165, 1.54) is 30.3 Å². The van der Waals surface area contributed by atoms with Gasteiger partial charge in [0.25, 0.3) is 5.69 Å². The highest BCUT2D eigenvalue weighted by Gasteiger charge is 2.08. The summed E-state index contributed by atoms with van der Waals surface area (Å²) in [5, 5.41) is 19.5. The largest absolute Gasteiger partial charge is 0.439 e. The molecule has 0 unspecified atom stereocenters. The Kier molecular flexibility index (Phi) is 3.59. The van der Waals surface area contributed by atoms with E-state index in [0.29, 0.717) is 5.56 Å². The standard InChI is InChI=1S/C12H6ClN3O3/c13-11-4-8(7-14)5-12(15-11)19-10-3-1-2-9(6-10)16(17)18/h1-6H. The van der Waals surface area contributed by atoms with Crippen LogP contribution in [0.5, 0.6) is 11.6 Å². The van der Waals surface area contributed by atoms with Crippen LogP contribution in [-0.4, -0.2) is 9.91 Å². The molecule has 0 saturated carbocycles. The summed E-state index contributed by atoms with van der Waals surface area (Å²) < 4.78 is 5.34. The fraction of sp³-hybridized carbons (Fsp3) is 0. The SMILES string of the molecule is N#Cc1cc(Cl)nc(Oc2cccc([N+](=O)[O-])c2)c1. The molecule has 1 heterocycles. The Labute approximate surface area is 113 Å². The number of rotatable bonds is 3. The molecule has 0 aliphatic heterocycles. The van der Waals surface area contributed by atoms with E-state index in [0.717, 1.165) is 0 Å². The van der Waals surface area contributed by atoms with Crippen molar-refractivity contribution in [2.75, 3.05) is 0 Å². The predicted molar refractivity (Wildman–Crippen MR) is 67.1 cm³/mol. The average molecular weight is 276 g/mol. The molecule has 0 amide bonds. The third-order valence-electron chi connectivity index (χ3n) is 2.15. The quantitative estimate of drug-likeness (QED) is 0.487. The molecule has 2 aromatic rings. The minimum Gasteiger partial charge on any atom is -0.439 e. The number of nitrogens with zero attached hydrogens (tertiary/aromatic N) is 3. The van der Waals surface area contributed by atoms with Crippen molar-refractivity contribution in [2.45, 2.75) is 0 Å². The van der Waals surface area contributed by atoms with Crippen LogP contribution in [0, 0.1) is 21.4 Å². The lowest BCUT2D eigenvalue weighted by molar-refractivity contribution is -0.384. The zero-order valence-electron chi connectivity index (χ0n) is 9.41. The Morgan fingerprint density at radius 2 is 2.16 bits per heavy atom. The number of benzene rings is 1. The van der Waals surface area contributed by atoms with Crippen molar-refractivity contribution < 1.29 is 9.66 Å². The number of aromatic nitrogens is 1. The second-order valence-corrected chi connectivity index (χ2v) is 3.87. The summed E-state index contributed by atoms with van der Waals surface area (Å²) in [5.41, 5.74) is 0.195. The van der Waals surface area contributed by atoms with Gasteiger partial charge in [-0.25, -0.2) is 4.98 Å². The van der Waals surface area contributed by atoms with E-state index in [1.807, 2.05) is 6.07 Å². The van der Waals surface area contributed by atoms with Gasteiger partial charge in [-0.05, 0) is 12.1 Å². The number of nitriles is 1. The van der Waals surface area contributed by atoms with Crippen LogP contribution in [0.3, 0.4) is 0 Å². The second-order valence-electron chi connectivity index (χ2n) is 3.49. The van der Waals surface area contributed by atoms with Gasteiger partial charge < -0.3 is 4.74 Å². The van der Waals surface area contributed by atoms with Crippen LogP contribution in [0.2, 0.25) is 5.15 Å². The van der Waals surface area contributed by atoms with Gasteiger partial charge >= 0.3 is 0 Å². The molecule has 0 N–H and O–H groups in total. The first-order valence-corrected chi connectivity index (χ1v) is 5.46. The number of halogens is 1. The van der Waals surface area contributed by atoms with Crippen molar-refractivity contribution in [3.63, 3.8) is 0 Å². The van der Waals surface area contributed by atoms with Crippen LogP contribution in [-0.2, 0) is 0 Å². The first-order chi connectivity index (χ1) is 9.08. The van der Waals surface area contributed by atoms with E-state index in [1.54, 1.807) is 6.07 Å². The van der Waals surface area contributed by atoms with Crippen LogP contribution in [0.25, 0.3) is 0 Å². The highest BCUT2D eigenvalue weighted by Crippen LogP contribution is 2.25. The number of nitro groups is 1. The molecule has 0 aliphatic carbocycles. The van der Waals surface area contributed by atoms with Crippen LogP contribution in [0.15, 0.2) is 36.4 Å². The predicted octanol–water partition coefficient (Wildman–Crippen LogP) is 3.31. The lowest BCUT2D eigenvalue weighted by Gasteiger charge is -2.05. The normalized spacial score (nSPS) is 9.68. The highest BCUT2D eigenvalue weighted by atomic mass is 35.5. The number of nitro benzene ring substituents is 1. The summed E-state index contributed by atoms with van der Waals surface area (Å²) in [6.45, 7) is 0. The van der Waals surface area contributed by atoms with E-state index < -0.39 is 4.92 Å². The molecular weight excluding hydrogens is 270 g/mol. The average Bonchev–Trinajstić information content (AvgIpc) is 2.38. The number of non-ortho nitro benzene ring substituents is 1. The summed E-state index contributed by atoms with van der Waals surface area (Å²) in [6.07, 6.45) is 0. The fourth-order valence-corrected chi connectivity index (χ4v) is 1.57. The Morgan fingerprint density at radius 1 is 1.37 bits per heavy atom. The van der Waals surface area contributed by atoms with E-state index >= 15 is 0 Å². The van der Waals surface area contributed by atoms with E-state index in [2.05, 4.69) is 4.98 Å². The van der Waals surface area contributed by atoms with Gasteiger partial charge in [0.1, 0.15) is 10.9 Å². The molecule has 7 heteroatoms. The van der Waals surface area contributed by atoms with Crippen LogP contribution >= 0.6 is 11.6 Å². The van der Waals surface area contributed by atoms with Crippen molar-refractivity contribution in [1.82, 2.24) is 4.98 Å². The Balaban J connectivity index is 2.31. The summed E-state index contributed by atoms with van der Waals surface area (Å²) in [4.78, 5) is 14.0. The molecule has 0 fully saturated rings. The Bertz CT molecular complexity index is 682. The summed E-state index contributed by atoms with van der Waals surface area (Å²) in [5.74, 6) is 0.345. The molecule has 94 valence electrons. The first-order valence-electron chi connectivity index (χ1n) is 5.08.